The first-order chi connectivity index (χ1) is 8.16. The van der Waals surface area contributed by atoms with Crippen LogP contribution < -0.4 is 5.73 Å². The fraction of sp³-hybridized carbons (Fsp3) is 0.667. The first kappa shape index (κ1) is 12.1. The van der Waals surface area contributed by atoms with Crippen LogP contribution in [0.15, 0.2) is 12.4 Å². The van der Waals surface area contributed by atoms with E-state index in [1.165, 1.54) is 0 Å². The van der Waals surface area contributed by atoms with Gasteiger partial charge in [-0.2, -0.15) is 0 Å². The molecule has 0 radical (unpaired) electrons. The van der Waals surface area contributed by atoms with Crippen LogP contribution in [0.25, 0.3) is 0 Å². The summed E-state index contributed by atoms with van der Waals surface area (Å²) in [5.41, 5.74) is 5.59. The minimum Gasteiger partial charge on any atom is -0.387 e. The minimum atomic E-state index is 0.257. The zero-order chi connectivity index (χ0) is 12.3. The molecular formula is C12H21N5. The van der Waals surface area contributed by atoms with E-state index in [4.69, 9.17) is 11.1 Å². The van der Waals surface area contributed by atoms with E-state index in [0.29, 0.717) is 5.84 Å². The molecule has 1 aliphatic rings. The maximum atomic E-state index is 7.52. The molecule has 0 bridgehead atoms. The summed E-state index contributed by atoms with van der Waals surface area (Å²) in [6, 6.07) is 0. The molecule has 1 saturated heterocycles. The van der Waals surface area contributed by atoms with Gasteiger partial charge in [0, 0.05) is 37.9 Å². The van der Waals surface area contributed by atoms with Crippen molar-refractivity contribution < 1.29 is 0 Å². The SMILES string of the molecule is Cc1nccn1CCN1CCCC(C(=N)N)C1. The summed E-state index contributed by atoms with van der Waals surface area (Å²) in [6.45, 7) is 6.06. The summed E-state index contributed by atoms with van der Waals surface area (Å²) in [6.07, 6.45) is 6.06. The van der Waals surface area contributed by atoms with Gasteiger partial charge in [-0.1, -0.05) is 0 Å². The molecule has 17 heavy (non-hydrogen) atoms. The minimum absolute atomic E-state index is 0.257. The van der Waals surface area contributed by atoms with Crippen LogP contribution >= 0.6 is 0 Å². The number of hydrogen-bond acceptors (Lipinski definition) is 3. The van der Waals surface area contributed by atoms with Gasteiger partial charge < -0.3 is 15.2 Å². The number of amidine groups is 1. The Labute approximate surface area is 102 Å². The summed E-state index contributed by atoms with van der Waals surface area (Å²) in [5.74, 6) is 1.66. The first-order valence-corrected chi connectivity index (χ1v) is 6.21. The van der Waals surface area contributed by atoms with Crippen LogP contribution in [-0.4, -0.2) is 39.9 Å². The number of hydrogen-bond donors (Lipinski definition) is 2. The Kier molecular flexibility index (Phi) is 3.78. The van der Waals surface area contributed by atoms with Gasteiger partial charge in [0.15, 0.2) is 0 Å². The Hall–Kier alpha value is -1.36. The Morgan fingerprint density at radius 2 is 2.41 bits per heavy atom. The molecule has 5 heteroatoms. The molecule has 3 N–H and O–H groups in total. The van der Waals surface area contributed by atoms with Gasteiger partial charge in [0.1, 0.15) is 5.82 Å². The van der Waals surface area contributed by atoms with Gasteiger partial charge in [0.05, 0.1) is 5.84 Å². The monoisotopic (exact) mass is 235 g/mol. The van der Waals surface area contributed by atoms with Gasteiger partial charge in [0.2, 0.25) is 0 Å². The number of rotatable bonds is 4. The van der Waals surface area contributed by atoms with Gasteiger partial charge in [-0.15, -0.1) is 0 Å². The number of aryl methyl sites for hydroxylation is 1. The summed E-state index contributed by atoms with van der Waals surface area (Å²) in [5, 5.41) is 7.52. The molecule has 1 aliphatic heterocycles. The molecule has 1 atom stereocenters. The number of aromatic nitrogens is 2. The van der Waals surface area contributed by atoms with E-state index in [0.717, 1.165) is 44.8 Å². The molecule has 0 aliphatic carbocycles. The average molecular weight is 235 g/mol. The van der Waals surface area contributed by atoms with Crippen molar-refractivity contribution in [3.63, 3.8) is 0 Å². The topological polar surface area (TPSA) is 70.9 Å². The molecule has 1 unspecified atom stereocenters. The second-order valence-corrected chi connectivity index (χ2v) is 4.76. The molecule has 94 valence electrons. The molecule has 2 heterocycles. The number of nitrogens with zero attached hydrogens (tertiary/aromatic N) is 3. The van der Waals surface area contributed by atoms with E-state index in [2.05, 4.69) is 14.5 Å². The van der Waals surface area contributed by atoms with Gasteiger partial charge in [-0.05, 0) is 26.3 Å². The van der Waals surface area contributed by atoms with Crippen LogP contribution in [0.4, 0.5) is 0 Å². The quantitative estimate of drug-likeness (QED) is 0.600. The van der Waals surface area contributed by atoms with Crippen molar-refractivity contribution in [3.05, 3.63) is 18.2 Å². The van der Waals surface area contributed by atoms with Crippen molar-refractivity contribution >= 4 is 5.84 Å². The third kappa shape index (κ3) is 3.06. The van der Waals surface area contributed by atoms with E-state index < -0.39 is 0 Å². The average Bonchev–Trinajstić information content (AvgIpc) is 2.72. The number of nitrogens with two attached hydrogens (primary N) is 1. The lowest BCUT2D eigenvalue weighted by Gasteiger charge is -2.32. The predicted molar refractivity (Wildman–Crippen MR) is 68.0 cm³/mol. The van der Waals surface area contributed by atoms with Crippen LogP contribution in [0, 0.1) is 18.3 Å². The number of nitrogens with one attached hydrogen (secondary N) is 1. The maximum absolute atomic E-state index is 7.52. The van der Waals surface area contributed by atoms with Gasteiger partial charge in [0.25, 0.3) is 0 Å². The largest absolute Gasteiger partial charge is 0.387 e. The number of likely N-dealkylation sites (tertiary alicyclic amines) is 1. The molecule has 0 spiro atoms. The standard InChI is InChI=1S/C12H21N5/c1-10-15-4-6-17(10)8-7-16-5-2-3-11(9-16)12(13)14/h4,6,11H,2-3,5,7-9H2,1H3,(H3,13,14). The zero-order valence-corrected chi connectivity index (χ0v) is 10.4. The van der Waals surface area contributed by atoms with Gasteiger partial charge >= 0.3 is 0 Å². The Morgan fingerprint density at radius 3 is 3.06 bits per heavy atom. The van der Waals surface area contributed by atoms with E-state index >= 15 is 0 Å². The van der Waals surface area contributed by atoms with Crippen LogP contribution in [0.5, 0.6) is 0 Å². The molecule has 0 aromatic carbocycles. The maximum Gasteiger partial charge on any atom is 0.105 e. The van der Waals surface area contributed by atoms with Crippen LogP contribution in [0.3, 0.4) is 0 Å². The third-order valence-electron chi connectivity index (χ3n) is 3.53. The Bertz CT molecular complexity index is 384. The lowest BCUT2D eigenvalue weighted by Crippen LogP contribution is -2.42. The highest BCUT2D eigenvalue weighted by atomic mass is 15.2. The van der Waals surface area contributed by atoms with Crippen LogP contribution in [-0.2, 0) is 6.54 Å². The van der Waals surface area contributed by atoms with Crippen molar-refractivity contribution in [2.45, 2.75) is 26.3 Å². The van der Waals surface area contributed by atoms with E-state index in [1.807, 2.05) is 19.3 Å². The first-order valence-electron chi connectivity index (χ1n) is 6.21. The third-order valence-corrected chi connectivity index (χ3v) is 3.53. The zero-order valence-electron chi connectivity index (χ0n) is 10.4. The molecule has 5 nitrogen and oxygen atoms in total. The van der Waals surface area contributed by atoms with Crippen molar-refractivity contribution in [3.8, 4) is 0 Å². The number of piperidine rings is 1. The van der Waals surface area contributed by atoms with E-state index in [-0.39, 0.29) is 5.92 Å². The van der Waals surface area contributed by atoms with Crippen molar-refractivity contribution in [2.75, 3.05) is 19.6 Å². The molecule has 0 amide bonds. The molecule has 1 aromatic heterocycles. The molecule has 1 fully saturated rings. The molecular weight excluding hydrogens is 214 g/mol. The van der Waals surface area contributed by atoms with E-state index in [1.54, 1.807) is 0 Å². The Morgan fingerprint density at radius 1 is 1.59 bits per heavy atom. The summed E-state index contributed by atoms with van der Waals surface area (Å²) >= 11 is 0. The van der Waals surface area contributed by atoms with E-state index in [9.17, 15) is 0 Å². The summed E-state index contributed by atoms with van der Waals surface area (Å²) in [4.78, 5) is 6.61. The van der Waals surface area contributed by atoms with Crippen molar-refractivity contribution in [1.82, 2.24) is 14.5 Å². The lowest BCUT2D eigenvalue weighted by molar-refractivity contribution is 0.196. The highest BCUT2D eigenvalue weighted by Gasteiger charge is 2.21. The lowest BCUT2D eigenvalue weighted by atomic mass is 9.97. The Balaban J connectivity index is 1.83. The van der Waals surface area contributed by atoms with Crippen LogP contribution in [0.1, 0.15) is 18.7 Å². The fourth-order valence-electron chi connectivity index (χ4n) is 2.40. The molecule has 1 aromatic rings. The second kappa shape index (κ2) is 5.31. The second-order valence-electron chi connectivity index (χ2n) is 4.76. The molecule has 0 saturated carbocycles. The summed E-state index contributed by atoms with van der Waals surface area (Å²) < 4.78 is 2.16. The van der Waals surface area contributed by atoms with Crippen molar-refractivity contribution in [2.24, 2.45) is 11.7 Å². The molecule has 2 rings (SSSR count). The van der Waals surface area contributed by atoms with Gasteiger partial charge in [-0.25, -0.2) is 4.98 Å². The van der Waals surface area contributed by atoms with Crippen molar-refractivity contribution in [1.29, 1.82) is 5.41 Å². The summed E-state index contributed by atoms with van der Waals surface area (Å²) in [7, 11) is 0. The highest BCUT2D eigenvalue weighted by Crippen LogP contribution is 2.15. The smallest absolute Gasteiger partial charge is 0.105 e. The predicted octanol–water partition coefficient (Wildman–Crippen LogP) is 0.839. The van der Waals surface area contributed by atoms with Gasteiger partial charge in [-0.3, -0.25) is 5.41 Å². The normalized spacial score (nSPS) is 21.6. The fourth-order valence-corrected chi connectivity index (χ4v) is 2.40. The van der Waals surface area contributed by atoms with Crippen LogP contribution in [0.2, 0.25) is 0 Å². The number of imidazole rings is 1. The highest BCUT2D eigenvalue weighted by molar-refractivity contribution is 5.79.